The van der Waals surface area contributed by atoms with Crippen LogP contribution in [-0.4, -0.2) is 11.8 Å². The predicted octanol–water partition coefficient (Wildman–Crippen LogP) is 4.75. The highest BCUT2D eigenvalue weighted by atomic mass is 35.5. The number of benzene rings is 3. The van der Waals surface area contributed by atoms with Crippen molar-refractivity contribution in [3.05, 3.63) is 100 Å². The molecule has 29 heavy (non-hydrogen) atoms. The zero-order valence-electron chi connectivity index (χ0n) is 15.9. The van der Waals surface area contributed by atoms with Gasteiger partial charge in [0, 0.05) is 29.2 Å². The summed E-state index contributed by atoms with van der Waals surface area (Å²) in [7, 11) is 0. The summed E-state index contributed by atoms with van der Waals surface area (Å²) in [5.41, 5.74) is 4.53. The standard InChI is InChI=1S/C24H21ClN2O2/c25-21-8-4-7-18(13-21)15-26-24(29)20-9-11-22-19(14-20)10-12-23(28)27(22)16-17-5-2-1-3-6-17/h1-9,11,13-14H,10,12,15-16H2,(H,26,29). The Bertz CT molecular complexity index is 1050. The maximum atomic E-state index is 12.6. The van der Waals surface area contributed by atoms with Crippen LogP contribution in [0.3, 0.4) is 0 Å². The van der Waals surface area contributed by atoms with E-state index in [0.717, 1.165) is 22.4 Å². The molecule has 0 spiro atoms. The zero-order chi connectivity index (χ0) is 20.2. The summed E-state index contributed by atoms with van der Waals surface area (Å²) in [5, 5.41) is 3.58. The first-order chi connectivity index (χ1) is 14.1. The Balaban J connectivity index is 1.50. The van der Waals surface area contributed by atoms with Gasteiger partial charge in [0.2, 0.25) is 5.91 Å². The van der Waals surface area contributed by atoms with E-state index < -0.39 is 0 Å². The molecule has 3 aromatic carbocycles. The molecule has 0 aromatic heterocycles. The monoisotopic (exact) mass is 404 g/mol. The fourth-order valence-electron chi connectivity index (χ4n) is 3.57. The lowest BCUT2D eigenvalue weighted by atomic mass is 9.97. The van der Waals surface area contributed by atoms with Crippen LogP contribution in [0.2, 0.25) is 5.02 Å². The molecule has 0 unspecified atom stereocenters. The van der Waals surface area contributed by atoms with E-state index in [4.69, 9.17) is 11.6 Å². The molecule has 1 aliphatic rings. The molecule has 3 aromatic rings. The number of carbonyl (C=O) groups is 2. The van der Waals surface area contributed by atoms with Crippen molar-refractivity contribution in [3.8, 4) is 0 Å². The van der Waals surface area contributed by atoms with Crippen LogP contribution in [0.25, 0.3) is 0 Å². The zero-order valence-corrected chi connectivity index (χ0v) is 16.7. The Morgan fingerprint density at radius 3 is 2.52 bits per heavy atom. The van der Waals surface area contributed by atoms with Crippen LogP contribution in [0.5, 0.6) is 0 Å². The molecule has 0 saturated carbocycles. The summed E-state index contributed by atoms with van der Waals surface area (Å²) in [6.07, 6.45) is 1.10. The van der Waals surface area contributed by atoms with Crippen molar-refractivity contribution in [2.24, 2.45) is 0 Å². The van der Waals surface area contributed by atoms with Crippen molar-refractivity contribution < 1.29 is 9.59 Å². The number of hydrogen-bond acceptors (Lipinski definition) is 2. The summed E-state index contributed by atoms with van der Waals surface area (Å²) < 4.78 is 0. The number of amides is 2. The third-order valence-corrected chi connectivity index (χ3v) is 5.30. The van der Waals surface area contributed by atoms with Gasteiger partial charge in [-0.2, -0.15) is 0 Å². The minimum absolute atomic E-state index is 0.111. The molecule has 4 rings (SSSR count). The number of nitrogens with zero attached hydrogens (tertiary/aromatic N) is 1. The normalized spacial score (nSPS) is 13.1. The molecule has 146 valence electrons. The summed E-state index contributed by atoms with van der Waals surface area (Å²) >= 11 is 6.00. The van der Waals surface area contributed by atoms with Crippen molar-refractivity contribution in [3.63, 3.8) is 0 Å². The lowest BCUT2D eigenvalue weighted by molar-refractivity contribution is -0.119. The first-order valence-corrected chi connectivity index (χ1v) is 9.98. The minimum atomic E-state index is -0.140. The van der Waals surface area contributed by atoms with Gasteiger partial charge in [-0.05, 0) is 53.4 Å². The van der Waals surface area contributed by atoms with Crippen molar-refractivity contribution in [1.82, 2.24) is 5.32 Å². The molecular formula is C24H21ClN2O2. The van der Waals surface area contributed by atoms with E-state index >= 15 is 0 Å². The average molecular weight is 405 g/mol. The topological polar surface area (TPSA) is 49.4 Å². The van der Waals surface area contributed by atoms with Crippen LogP contribution < -0.4 is 10.2 Å². The Hall–Kier alpha value is -3.11. The first-order valence-electron chi connectivity index (χ1n) is 9.60. The Morgan fingerprint density at radius 2 is 1.72 bits per heavy atom. The Labute approximate surface area is 175 Å². The van der Waals surface area contributed by atoms with Gasteiger partial charge in [-0.3, -0.25) is 9.59 Å². The van der Waals surface area contributed by atoms with E-state index in [1.54, 1.807) is 12.1 Å². The summed E-state index contributed by atoms with van der Waals surface area (Å²) in [6, 6.07) is 22.9. The molecule has 1 N–H and O–H groups in total. The van der Waals surface area contributed by atoms with Gasteiger partial charge in [-0.25, -0.2) is 0 Å². The average Bonchev–Trinajstić information content (AvgIpc) is 2.74. The summed E-state index contributed by atoms with van der Waals surface area (Å²) in [5.74, 6) is -0.0289. The third-order valence-electron chi connectivity index (χ3n) is 5.07. The van der Waals surface area contributed by atoms with Gasteiger partial charge in [-0.1, -0.05) is 54.1 Å². The third kappa shape index (κ3) is 4.49. The molecule has 0 saturated heterocycles. The number of anilines is 1. The van der Waals surface area contributed by atoms with Crippen LogP contribution in [0.1, 0.15) is 33.5 Å². The molecular weight excluding hydrogens is 384 g/mol. The highest BCUT2D eigenvalue weighted by Crippen LogP contribution is 2.30. The number of halogens is 1. The summed E-state index contributed by atoms with van der Waals surface area (Å²) in [4.78, 5) is 26.9. The largest absolute Gasteiger partial charge is 0.348 e. The second-order valence-corrected chi connectivity index (χ2v) is 7.56. The molecule has 1 aliphatic heterocycles. The van der Waals surface area contributed by atoms with Gasteiger partial charge in [0.15, 0.2) is 0 Å². The second-order valence-electron chi connectivity index (χ2n) is 7.12. The highest BCUT2D eigenvalue weighted by Gasteiger charge is 2.25. The van der Waals surface area contributed by atoms with Crippen LogP contribution in [-0.2, 0) is 24.3 Å². The van der Waals surface area contributed by atoms with Gasteiger partial charge in [-0.15, -0.1) is 0 Å². The number of rotatable bonds is 5. The van der Waals surface area contributed by atoms with E-state index in [1.807, 2.05) is 65.6 Å². The van der Waals surface area contributed by atoms with Gasteiger partial charge < -0.3 is 10.2 Å². The molecule has 4 nitrogen and oxygen atoms in total. The smallest absolute Gasteiger partial charge is 0.251 e. The Kier molecular flexibility index (Phi) is 5.63. The van der Waals surface area contributed by atoms with Crippen molar-refractivity contribution in [1.29, 1.82) is 0 Å². The minimum Gasteiger partial charge on any atom is -0.348 e. The number of fused-ring (bicyclic) bond motifs is 1. The second kappa shape index (κ2) is 8.50. The maximum Gasteiger partial charge on any atom is 0.251 e. The SMILES string of the molecule is O=C(NCc1cccc(Cl)c1)c1ccc2c(c1)CCC(=O)N2Cc1ccccc1. The van der Waals surface area contributed by atoms with Crippen molar-refractivity contribution >= 4 is 29.1 Å². The van der Waals surface area contributed by atoms with E-state index in [1.165, 1.54) is 0 Å². The number of nitrogens with one attached hydrogen (secondary N) is 1. The van der Waals surface area contributed by atoms with Crippen LogP contribution in [0.15, 0.2) is 72.8 Å². The van der Waals surface area contributed by atoms with Crippen LogP contribution in [0, 0.1) is 0 Å². The molecule has 0 fully saturated rings. The lowest BCUT2D eigenvalue weighted by Gasteiger charge is -2.30. The molecule has 1 heterocycles. The molecule has 0 aliphatic carbocycles. The first kappa shape index (κ1) is 19.2. The number of hydrogen-bond donors (Lipinski definition) is 1. The van der Waals surface area contributed by atoms with E-state index in [2.05, 4.69) is 5.32 Å². The molecule has 5 heteroatoms. The van der Waals surface area contributed by atoms with Crippen LogP contribution >= 0.6 is 11.6 Å². The van der Waals surface area contributed by atoms with Gasteiger partial charge >= 0.3 is 0 Å². The summed E-state index contributed by atoms with van der Waals surface area (Å²) in [6.45, 7) is 0.947. The quantitative estimate of drug-likeness (QED) is 0.667. The van der Waals surface area contributed by atoms with E-state index in [0.29, 0.717) is 36.5 Å². The molecule has 0 atom stereocenters. The fraction of sp³-hybridized carbons (Fsp3) is 0.167. The lowest BCUT2D eigenvalue weighted by Crippen LogP contribution is -2.34. The number of aryl methyl sites for hydroxylation is 1. The van der Waals surface area contributed by atoms with Crippen molar-refractivity contribution in [2.75, 3.05) is 4.90 Å². The van der Waals surface area contributed by atoms with Gasteiger partial charge in [0.25, 0.3) is 5.91 Å². The molecule has 0 radical (unpaired) electrons. The number of carbonyl (C=O) groups excluding carboxylic acids is 2. The van der Waals surface area contributed by atoms with E-state index in [-0.39, 0.29) is 11.8 Å². The molecule has 2 amide bonds. The van der Waals surface area contributed by atoms with E-state index in [9.17, 15) is 9.59 Å². The van der Waals surface area contributed by atoms with Crippen molar-refractivity contribution in [2.45, 2.75) is 25.9 Å². The maximum absolute atomic E-state index is 12.6. The molecule has 0 bridgehead atoms. The van der Waals surface area contributed by atoms with Crippen LogP contribution in [0.4, 0.5) is 5.69 Å². The fourth-order valence-corrected chi connectivity index (χ4v) is 3.78. The predicted molar refractivity (Wildman–Crippen MR) is 115 cm³/mol. The Morgan fingerprint density at radius 1 is 0.931 bits per heavy atom. The van der Waals surface area contributed by atoms with Gasteiger partial charge in [0.1, 0.15) is 0 Å². The highest BCUT2D eigenvalue weighted by molar-refractivity contribution is 6.30. The van der Waals surface area contributed by atoms with Gasteiger partial charge in [0.05, 0.1) is 6.54 Å².